The second-order valence-electron chi connectivity index (χ2n) is 4.21. The van der Waals surface area contributed by atoms with Crippen molar-refractivity contribution in [2.45, 2.75) is 17.3 Å². The van der Waals surface area contributed by atoms with E-state index in [0.29, 0.717) is 16.6 Å². The summed E-state index contributed by atoms with van der Waals surface area (Å²) in [6, 6.07) is 7.25. The number of hydrogen-bond acceptors (Lipinski definition) is 5. The molecule has 0 unspecified atom stereocenters. The van der Waals surface area contributed by atoms with Crippen molar-refractivity contribution in [3.8, 4) is 5.75 Å². The van der Waals surface area contributed by atoms with Crippen LogP contribution in [0.4, 0.5) is 5.69 Å². The molecule has 0 radical (unpaired) electrons. The zero-order chi connectivity index (χ0) is 14.5. The van der Waals surface area contributed by atoms with E-state index in [4.69, 9.17) is 4.74 Å². The average Bonchev–Trinajstić information content (AvgIpc) is 2.84. The van der Waals surface area contributed by atoms with Crippen LogP contribution in [-0.2, 0) is 11.8 Å². The second kappa shape index (κ2) is 6.42. The van der Waals surface area contributed by atoms with Crippen molar-refractivity contribution in [1.82, 2.24) is 14.8 Å². The molecule has 0 saturated heterocycles. The molecule has 1 aromatic heterocycles. The number of rotatable bonds is 5. The Morgan fingerprint density at radius 3 is 2.95 bits per heavy atom. The monoisotopic (exact) mass is 292 g/mol. The van der Waals surface area contributed by atoms with Gasteiger partial charge in [-0.05, 0) is 19.1 Å². The number of amides is 1. The van der Waals surface area contributed by atoms with Gasteiger partial charge in [-0.2, -0.15) is 0 Å². The Hall–Kier alpha value is -2.02. The van der Waals surface area contributed by atoms with E-state index in [0.717, 1.165) is 0 Å². The molecule has 1 N–H and O–H groups in total. The number of aromatic nitrogens is 3. The van der Waals surface area contributed by atoms with Gasteiger partial charge in [0, 0.05) is 18.8 Å². The Labute approximate surface area is 121 Å². The highest BCUT2D eigenvalue weighted by Gasteiger charge is 2.17. The normalized spacial score (nSPS) is 11.9. The first-order valence-electron chi connectivity index (χ1n) is 6.05. The van der Waals surface area contributed by atoms with Gasteiger partial charge in [0.15, 0.2) is 5.16 Å². The molecule has 20 heavy (non-hydrogen) atoms. The molecule has 1 atom stereocenters. The Morgan fingerprint density at radius 1 is 1.50 bits per heavy atom. The van der Waals surface area contributed by atoms with Crippen LogP contribution in [0, 0.1) is 0 Å². The van der Waals surface area contributed by atoms with Gasteiger partial charge < -0.3 is 14.6 Å². The number of aryl methyl sites for hydroxylation is 1. The molecule has 0 bridgehead atoms. The molecule has 6 nitrogen and oxygen atoms in total. The van der Waals surface area contributed by atoms with Crippen molar-refractivity contribution in [2.75, 3.05) is 12.4 Å². The topological polar surface area (TPSA) is 69.0 Å². The van der Waals surface area contributed by atoms with Crippen molar-refractivity contribution in [3.63, 3.8) is 0 Å². The minimum absolute atomic E-state index is 0.0914. The summed E-state index contributed by atoms with van der Waals surface area (Å²) in [4.78, 5) is 12.1. The highest BCUT2D eigenvalue weighted by Crippen LogP contribution is 2.22. The fourth-order valence-electron chi connectivity index (χ4n) is 1.54. The molecular weight excluding hydrogens is 276 g/mol. The number of nitrogens with zero attached hydrogens (tertiary/aromatic N) is 3. The van der Waals surface area contributed by atoms with Crippen LogP contribution < -0.4 is 10.1 Å². The summed E-state index contributed by atoms with van der Waals surface area (Å²) in [5.41, 5.74) is 0.708. The third-order valence-corrected chi connectivity index (χ3v) is 3.81. The van der Waals surface area contributed by atoms with Gasteiger partial charge in [0.25, 0.3) is 0 Å². The zero-order valence-corrected chi connectivity index (χ0v) is 12.3. The number of ether oxygens (including phenoxy) is 1. The van der Waals surface area contributed by atoms with E-state index in [-0.39, 0.29) is 11.2 Å². The highest BCUT2D eigenvalue weighted by molar-refractivity contribution is 8.00. The number of thioether (sulfide) groups is 1. The minimum Gasteiger partial charge on any atom is -0.497 e. The summed E-state index contributed by atoms with van der Waals surface area (Å²) in [5, 5.41) is 11.0. The lowest BCUT2D eigenvalue weighted by atomic mass is 10.3. The summed E-state index contributed by atoms with van der Waals surface area (Å²) in [5.74, 6) is 0.614. The summed E-state index contributed by atoms with van der Waals surface area (Å²) in [7, 11) is 3.43. The lowest BCUT2D eigenvalue weighted by Gasteiger charge is -2.11. The van der Waals surface area contributed by atoms with Gasteiger partial charge in [-0.15, -0.1) is 10.2 Å². The molecular formula is C13H16N4O2S. The molecule has 0 saturated carbocycles. The number of hydrogen-bond donors (Lipinski definition) is 1. The van der Waals surface area contributed by atoms with Crippen molar-refractivity contribution in [1.29, 1.82) is 0 Å². The van der Waals surface area contributed by atoms with Crippen LogP contribution in [0.2, 0.25) is 0 Å². The van der Waals surface area contributed by atoms with Crippen LogP contribution in [0.15, 0.2) is 35.7 Å². The van der Waals surface area contributed by atoms with Crippen LogP contribution in [-0.4, -0.2) is 33.0 Å². The molecule has 2 aromatic rings. The van der Waals surface area contributed by atoms with Crippen molar-refractivity contribution < 1.29 is 9.53 Å². The van der Waals surface area contributed by atoms with Crippen LogP contribution >= 0.6 is 11.8 Å². The largest absolute Gasteiger partial charge is 0.497 e. The van der Waals surface area contributed by atoms with E-state index >= 15 is 0 Å². The smallest absolute Gasteiger partial charge is 0.237 e. The van der Waals surface area contributed by atoms with E-state index in [1.807, 2.05) is 32.2 Å². The summed E-state index contributed by atoms with van der Waals surface area (Å²) < 4.78 is 6.90. The molecule has 0 aliphatic rings. The van der Waals surface area contributed by atoms with Crippen LogP contribution in [0.25, 0.3) is 0 Å². The third kappa shape index (κ3) is 3.51. The predicted octanol–water partition coefficient (Wildman–Crippen LogP) is 1.94. The maximum absolute atomic E-state index is 12.1. The fourth-order valence-corrected chi connectivity index (χ4v) is 2.33. The van der Waals surface area contributed by atoms with Crippen molar-refractivity contribution in [3.05, 3.63) is 30.6 Å². The molecule has 1 aromatic carbocycles. The van der Waals surface area contributed by atoms with Gasteiger partial charge in [-0.3, -0.25) is 4.79 Å². The van der Waals surface area contributed by atoms with Gasteiger partial charge in [-0.25, -0.2) is 0 Å². The molecule has 0 fully saturated rings. The Kier molecular flexibility index (Phi) is 4.62. The van der Waals surface area contributed by atoms with E-state index in [1.165, 1.54) is 11.8 Å². The summed E-state index contributed by atoms with van der Waals surface area (Å²) >= 11 is 1.36. The number of methoxy groups -OCH3 is 1. The lowest BCUT2D eigenvalue weighted by molar-refractivity contribution is -0.115. The first kappa shape index (κ1) is 14.4. The number of nitrogens with one attached hydrogen (secondary N) is 1. The molecule has 7 heteroatoms. The van der Waals surface area contributed by atoms with Crippen molar-refractivity contribution >= 4 is 23.4 Å². The van der Waals surface area contributed by atoms with Crippen LogP contribution in [0.5, 0.6) is 5.75 Å². The quantitative estimate of drug-likeness (QED) is 0.853. The molecule has 1 amide bonds. The lowest BCUT2D eigenvalue weighted by Crippen LogP contribution is -2.22. The SMILES string of the molecule is COc1cccc(NC(=O)[C@@H](C)Sc2nncn2C)c1. The van der Waals surface area contributed by atoms with Crippen molar-refractivity contribution in [2.24, 2.45) is 7.05 Å². The number of carbonyl (C=O) groups is 1. The maximum Gasteiger partial charge on any atom is 0.237 e. The fraction of sp³-hybridized carbons (Fsp3) is 0.308. The number of benzene rings is 1. The maximum atomic E-state index is 12.1. The van der Waals surface area contributed by atoms with Gasteiger partial charge in [0.05, 0.1) is 12.4 Å². The molecule has 1 heterocycles. The van der Waals surface area contributed by atoms with E-state index < -0.39 is 0 Å². The molecule has 106 valence electrons. The van der Waals surface area contributed by atoms with E-state index in [9.17, 15) is 4.79 Å². The highest BCUT2D eigenvalue weighted by atomic mass is 32.2. The summed E-state index contributed by atoms with van der Waals surface area (Å²) in [6.45, 7) is 1.83. The Balaban J connectivity index is 1.98. The average molecular weight is 292 g/mol. The Bertz CT molecular complexity index is 600. The first-order chi connectivity index (χ1) is 9.60. The number of carbonyl (C=O) groups excluding carboxylic acids is 1. The Morgan fingerprint density at radius 2 is 2.30 bits per heavy atom. The van der Waals surface area contributed by atoms with Crippen LogP contribution in [0.3, 0.4) is 0 Å². The van der Waals surface area contributed by atoms with Gasteiger partial charge in [0.2, 0.25) is 5.91 Å². The second-order valence-corrected chi connectivity index (χ2v) is 5.51. The molecule has 0 aliphatic carbocycles. The minimum atomic E-state index is -0.274. The standard InChI is InChI=1S/C13H16N4O2S/c1-9(20-13-16-14-8-17(13)2)12(18)15-10-5-4-6-11(7-10)19-3/h4-9H,1-3H3,(H,15,18)/t9-/m1/s1. The molecule has 0 aliphatic heterocycles. The molecule has 2 rings (SSSR count). The van der Waals surface area contributed by atoms with E-state index in [2.05, 4.69) is 15.5 Å². The molecule has 0 spiro atoms. The van der Waals surface area contributed by atoms with Crippen LogP contribution in [0.1, 0.15) is 6.92 Å². The third-order valence-electron chi connectivity index (χ3n) is 2.66. The number of anilines is 1. The summed E-state index contributed by atoms with van der Waals surface area (Å²) in [6.07, 6.45) is 1.61. The van der Waals surface area contributed by atoms with Gasteiger partial charge in [-0.1, -0.05) is 17.8 Å². The zero-order valence-electron chi connectivity index (χ0n) is 11.5. The predicted molar refractivity (Wildman–Crippen MR) is 77.9 cm³/mol. The first-order valence-corrected chi connectivity index (χ1v) is 6.93. The van der Waals surface area contributed by atoms with E-state index in [1.54, 1.807) is 24.1 Å². The van der Waals surface area contributed by atoms with Gasteiger partial charge >= 0.3 is 0 Å². The van der Waals surface area contributed by atoms with Gasteiger partial charge in [0.1, 0.15) is 12.1 Å².